The molecule has 0 bridgehead atoms. The van der Waals surface area contributed by atoms with Gasteiger partial charge in [-0.15, -0.1) is 0 Å². The first-order valence-electron chi connectivity index (χ1n) is 4.57. The second-order valence-electron chi connectivity index (χ2n) is 3.02. The number of hydrogen-bond donors (Lipinski definition) is 1. The third kappa shape index (κ3) is 1.84. The number of thiazole rings is 1. The summed E-state index contributed by atoms with van der Waals surface area (Å²) < 4.78 is 6.31. The zero-order valence-corrected chi connectivity index (χ0v) is 9.36. The molecule has 2 aromatic heterocycles. The normalized spacial score (nSPS) is 10.8. The van der Waals surface area contributed by atoms with E-state index in [2.05, 4.69) is 10.3 Å². The van der Waals surface area contributed by atoms with Crippen molar-refractivity contribution in [3.05, 3.63) is 21.7 Å². The number of nitro groups is 1. The minimum absolute atomic E-state index is 0.0349. The zero-order chi connectivity index (χ0) is 11.5. The molecule has 0 aromatic carbocycles. The fraction of sp³-hybridized carbons (Fsp3) is 0.375. The number of methoxy groups -OCH3 is 1. The summed E-state index contributed by atoms with van der Waals surface area (Å²) >= 11 is 1.36. The number of hydrogen-bond acceptors (Lipinski definition) is 6. The highest BCUT2D eigenvalue weighted by Crippen LogP contribution is 2.27. The Morgan fingerprint density at radius 2 is 2.56 bits per heavy atom. The van der Waals surface area contributed by atoms with Crippen molar-refractivity contribution in [3.63, 3.8) is 0 Å². The van der Waals surface area contributed by atoms with Crippen molar-refractivity contribution in [2.75, 3.05) is 25.6 Å². The van der Waals surface area contributed by atoms with Crippen LogP contribution in [-0.2, 0) is 4.74 Å². The lowest BCUT2D eigenvalue weighted by molar-refractivity contribution is -0.389. The van der Waals surface area contributed by atoms with Crippen LogP contribution in [0, 0.1) is 10.1 Å². The maximum absolute atomic E-state index is 10.9. The minimum Gasteiger partial charge on any atom is -0.383 e. The van der Waals surface area contributed by atoms with Crippen molar-refractivity contribution in [1.82, 2.24) is 9.38 Å². The zero-order valence-electron chi connectivity index (χ0n) is 8.54. The summed E-state index contributed by atoms with van der Waals surface area (Å²) in [5, 5.41) is 15.5. The van der Waals surface area contributed by atoms with Crippen LogP contribution in [0.25, 0.3) is 4.96 Å². The molecule has 0 unspecified atom stereocenters. The van der Waals surface area contributed by atoms with Crippen molar-refractivity contribution in [3.8, 4) is 0 Å². The summed E-state index contributed by atoms with van der Waals surface area (Å²) in [6, 6.07) is 0. The molecule has 2 aromatic rings. The largest absolute Gasteiger partial charge is 0.383 e. The molecule has 0 aliphatic rings. The molecule has 1 N–H and O–H groups in total. The molecule has 0 radical (unpaired) electrons. The molecule has 0 saturated heterocycles. The fourth-order valence-electron chi connectivity index (χ4n) is 1.34. The van der Waals surface area contributed by atoms with E-state index in [0.29, 0.717) is 18.1 Å². The first kappa shape index (κ1) is 10.8. The summed E-state index contributed by atoms with van der Waals surface area (Å²) in [6.45, 7) is 0.963. The fourth-order valence-corrected chi connectivity index (χ4v) is 2.05. The number of rotatable bonds is 5. The molecular formula is C8H10N4O3S. The predicted octanol–water partition coefficient (Wildman–Crippen LogP) is 1.36. The lowest BCUT2D eigenvalue weighted by atomic mass is 10.6. The Morgan fingerprint density at radius 1 is 1.75 bits per heavy atom. The van der Waals surface area contributed by atoms with Gasteiger partial charge in [-0.05, 0) is 4.92 Å². The number of anilines is 1. The molecule has 0 aliphatic heterocycles. The Morgan fingerprint density at radius 3 is 3.25 bits per heavy atom. The highest BCUT2D eigenvalue weighted by Gasteiger charge is 2.22. The Kier molecular flexibility index (Phi) is 3.02. The molecule has 0 fully saturated rings. The lowest BCUT2D eigenvalue weighted by Crippen LogP contribution is -2.09. The van der Waals surface area contributed by atoms with Gasteiger partial charge in [-0.25, -0.2) is 0 Å². The lowest BCUT2D eigenvalue weighted by Gasteiger charge is -2.01. The van der Waals surface area contributed by atoms with Crippen LogP contribution in [0.4, 0.5) is 11.6 Å². The van der Waals surface area contributed by atoms with Gasteiger partial charge in [-0.1, -0.05) is 11.3 Å². The number of nitrogens with zero attached hydrogens (tertiary/aromatic N) is 3. The van der Waals surface area contributed by atoms with E-state index in [0.717, 1.165) is 0 Å². The topological polar surface area (TPSA) is 81.7 Å². The number of nitrogens with one attached hydrogen (secondary N) is 1. The highest BCUT2D eigenvalue weighted by molar-refractivity contribution is 7.15. The Hall–Kier alpha value is -1.67. The van der Waals surface area contributed by atoms with Crippen LogP contribution in [0.15, 0.2) is 11.6 Å². The summed E-state index contributed by atoms with van der Waals surface area (Å²) in [5.74, 6) is 0.251. The van der Waals surface area contributed by atoms with E-state index in [1.807, 2.05) is 0 Å². The third-order valence-corrected chi connectivity index (χ3v) is 2.77. The first-order chi connectivity index (χ1) is 7.74. The van der Waals surface area contributed by atoms with Gasteiger partial charge >= 0.3 is 5.82 Å². The van der Waals surface area contributed by atoms with Gasteiger partial charge in [-0.2, -0.15) is 9.38 Å². The van der Waals surface area contributed by atoms with Crippen molar-refractivity contribution in [1.29, 1.82) is 0 Å². The van der Waals surface area contributed by atoms with E-state index in [1.165, 1.54) is 15.7 Å². The van der Waals surface area contributed by atoms with Crippen molar-refractivity contribution in [2.45, 2.75) is 0 Å². The molecule has 0 spiro atoms. The Labute approximate surface area is 94.8 Å². The van der Waals surface area contributed by atoms with E-state index in [1.54, 1.807) is 18.7 Å². The van der Waals surface area contributed by atoms with Crippen molar-refractivity contribution >= 4 is 27.9 Å². The maximum atomic E-state index is 10.9. The summed E-state index contributed by atoms with van der Waals surface area (Å²) in [5.41, 5.74) is 0. The number of aromatic nitrogens is 2. The van der Waals surface area contributed by atoms with Gasteiger partial charge < -0.3 is 20.2 Å². The molecule has 2 rings (SSSR count). The van der Waals surface area contributed by atoms with E-state index in [-0.39, 0.29) is 11.6 Å². The maximum Gasteiger partial charge on any atom is 0.372 e. The molecule has 2 heterocycles. The highest BCUT2D eigenvalue weighted by atomic mass is 32.1. The molecule has 8 heteroatoms. The van der Waals surface area contributed by atoms with Gasteiger partial charge in [0.25, 0.3) is 4.96 Å². The molecule has 7 nitrogen and oxygen atoms in total. The van der Waals surface area contributed by atoms with Gasteiger partial charge in [-0.3, -0.25) is 0 Å². The quantitative estimate of drug-likeness (QED) is 0.486. The van der Waals surface area contributed by atoms with Crippen LogP contribution in [0.2, 0.25) is 0 Å². The molecule has 86 valence electrons. The molecule has 16 heavy (non-hydrogen) atoms. The molecule has 0 amide bonds. The average molecular weight is 242 g/mol. The number of ether oxygens (including phenoxy) is 1. The Balaban J connectivity index is 2.32. The average Bonchev–Trinajstić information content (AvgIpc) is 2.76. The molecule has 0 atom stereocenters. The smallest absolute Gasteiger partial charge is 0.372 e. The standard InChI is InChI=1S/C8H10N4O3S/c1-15-4-2-9-6-7(12(13)14)11-3-5-16-8(11)10-6/h3,5,9H,2,4H2,1H3. The molecule has 0 aliphatic carbocycles. The third-order valence-electron chi connectivity index (χ3n) is 2.01. The second-order valence-corrected chi connectivity index (χ2v) is 3.89. The van der Waals surface area contributed by atoms with E-state index in [4.69, 9.17) is 4.74 Å². The van der Waals surface area contributed by atoms with Gasteiger partial charge in [0.2, 0.25) is 5.82 Å². The monoisotopic (exact) mass is 242 g/mol. The van der Waals surface area contributed by atoms with Gasteiger partial charge in [0.05, 0.1) is 6.61 Å². The van der Waals surface area contributed by atoms with Crippen LogP contribution in [0.5, 0.6) is 0 Å². The van der Waals surface area contributed by atoms with Gasteiger partial charge in [0.15, 0.2) is 0 Å². The van der Waals surface area contributed by atoms with Crippen molar-refractivity contribution < 1.29 is 9.66 Å². The summed E-state index contributed by atoms with van der Waals surface area (Å²) in [4.78, 5) is 15.2. The predicted molar refractivity (Wildman–Crippen MR) is 60.1 cm³/mol. The second kappa shape index (κ2) is 4.45. The number of imidazole rings is 1. The van der Waals surface area contributed by atoms with E-state index >= 15 is 0 Å². The minimum atomic E-state index is -0.443. The van der Waals surface area contributed by atoms with Gasteiger partial charge in [0, 0.05) is 19.0 Å². The Bertz CT molecular complexity index is 506. The van der Waals surface area contributed by atoms with Crippen LogP contribution in [0.1, 0.15) is 0 Å². The summed E-state index contributed by atoms with van der Waals surface area (Å²) in [6.07, 6.45) is 1.63. The molecule has 0 saturated carbocycles. The number of fused-ring (bicyclic) bond motifs is 1. The van der Waals surface area contributed by atoms with Crippen LogP contribution >= 0.6 is 11.3 Å². The van der Waals surface area contributed by atoms with E-state index < -0.39 is 4.92 Å². The van der Waals surface area contributed by atoms with Crippen LogP contribution in [-0.4, -0.2) is 34.6 Å². The molecular weight excluding hydrogens is 232 g/mol. The van der Waals surface area contributed by atoms with Crippen LogP contribution < -0.4 is 5.32 Å². The summed E-state index contributed by atoms with van der Waals surface area (Å²) in [7, 11) is 1.57. The SMILES string of the molecule is COCCNc1nc2sccn2c1[N+](=O)[O-]. The first-order valence-corrected chi connectivity index (χ1v) is 5.44. The van der Waals surface area contributed by atoms with Crippen LogP contribution in [0.3, 0.4) is 0 Å². The van der Waals surface area contributed by atoms with Crippen molar-refractivity contribution in [2.24, 2.45) is 0 Å². The van der Waals surface area contributed by atoms with Gasteiger partial charge in [0.1, 0.15) is 6.20 Å². The van der Waals surface area contributed by atoms with E-state index in [9.17, 15) is 10.1 Å².